The van der Waals surface area contributed by atoms with E-state index in [2.05, 4.69) is 5.32 Å². The van der Waals surface area contributed by atoms with Crippen molar-refractivity contribution in [2.45, 2.75) is 37.1 Å². The highest BCUT2D eigenvalue weighted by molar-refractivity contribution is 5.73. The lowest BCUT2D eigenvalue weighted by Crippen LogP contribution is -2.66. The van der Waals surface area contributed by atoms with Crippen molar-refractivity contribution in [2.75, 3.05) is 59.5 Å². The smallest absolute Gasteiger partial charge is 0.329 e. The Morgan fingerprint density at radius 1 is 1.03 bits per heavy atom. The number of aliphatic carboxylic acids is 1. The maximum absolute atomic E-state index is 11.2. The fourth-order valence-electron chi connectivity index (χ4n) is 3.03. The van der Waals surface area contributed by atoms with Crippen molar-refractivity contribution in [1.29, 1.82) is 0 Å². The van der Waals surface area contributed by atoms with Gasteiger partial charge in [0, 0.05) is 6.92 Å². The number of hydrogen-bond acceptors (Lipinski definition) is 10. The average molecular weight is 423 g/mol. The van der Waals surface area contributed by atoms with Gasteiger partial charge >= 0.3 is 5.97 Å². The van der Waals surface area contributed by atoms with E-state index in [1.807, 2.05) is 0 Å². The first kappa shape index (κ1) is 23.9. The van der Waals surface area contributed by atoms with E-state index in [1.165, 1.54) is 6.92 Å². The predicted octanol–water partition coefficient (Wildman–Crippen LogP) is -2.51. The van der Waals surface area contributed by atoms with Crippen LogP contribution in [-0.2, 0) is 38.0 Å². The van der Waals surface area contributed by atoms with Crippen molar-refractivity contribution in [3.05, 3.63) is 0 Å². The number of carbonyl (C=O) groups is 2. The van der Waals surface area contributed by atoms with Crippen molar-refractivity contribution in [1.82, 2.24) is 5.32 Å². The van der Waals surface area contributed by atoms with Crippen LogP contribution in [-0.4, -0.2) is 117 Å². The quantitative estimate of drug-likeness (QED) is 0.218. The Morgan fingerprint density at radius 3 is 2.21 bits per heavy atom. The van der Waals surface area contributed by atoms with Gasteiger partial charge in [-0.3, -0.25) is 4.79 Å². The minimum atomic E-state index is -1.28. The van der Waals surface area contributed by atoms with Crippen LogP contribution < -0.4 is 5.32 Å². The molecule has 5 atom stereocenters. The molecule has 2 aliphatic heterocycles. The molecular formula is C17H29NO11. The first-order chi connectivity index (χ1) is 13.9. The number of ether oxygens (including phenoxy) is 6. The van der Waals surface area contributed by atoms with Crippen LogP contribution in [0.5, 0.6) is 0 Å². The minimum absolute atomic E-state index is 0.00467. The van der Waals surface area contributed by atoms with Gasteiger partial charge < -0.3 is 49.1 Å². The Morgan fingerprint density at radius 2 is 1.62 bits per heavy atom. The molecule has 0 aromatic heterocycles. The first-order valence-electron chi connectivity index (χ1n) is 9.31. The standard InChI is InChI=1S/C17H29NO11/c1-11(19)18-13-14(22)15(23)17(10-28-16(13)29-17)9-27-7-5-25-3-2-24-4-6-26-8-12(20)21/h13-16,22-23H,2-10H2,1H3,(H,18,19)(H,20,21)/t13-,14-,15-,16+,17-/m1/s1. The molecule has 168 valence electrons. The number of carbonyl (C=O) groups excluding carboxylic acids is 1. The van der Waals surface area contributed by atoms with Gasteiger partial charge in [0.2, 0.25) is 5.91 Å². The third kappa shape index (κ3) is 7.12. The Hall–Kier alpha value is -1.38. The molecule has 2 fully saturated rings. The van der Waals surface area contributed by atoms with E-state index in [0.717, 1.165) is 0 Å². The summed E-state index contributed by atoms with van der Waals surface area (Å²) in [4.78, 5) is 21.5. The number of carboxylic acid groups (broad SMARTS) is 1. The van der Waals surface area contributed by atoms with Crippen LogP contribution >= 0.6 is 0 Å². The normalized spacial score (nSPS) is 31.0. The summed E-state index contributed by atoms with van der Waals surface area (Å²) in [5.74, 6) is -1.39. The molecular weight excluding hydrogens is 394 g/mol. The molecule has 0 aliphatic carbocycles. The molecule has 2 aliphatic rings. The highest BCUT2D eigenvalue weighted by Crippen LogP contribution is 2.37. The molecule has 0 saturated carbocycles. The maximum atomic E-state index is 11.2. The summed E-state index contributed by atoms with van der Waals surface area (Å²) in [5, 5.41) is 31.6. The number of nitrogens with one attached hydrogen (secondary N) is 1. The highest BCUT2D eigenvalue weighted by atomic mass is 16.8. The van der Waals surface area contributed by atoms with Crippen LogP contribution in [0.4, 0.5) is 0 Å². The van der Waals surface area contributed by atoms with Crippen LogP contribution in [0.3, 0.4) is 0 Å². The predicted molar refractivity (Wildman–Crippen MR) is 94.1 cm³/mol. The van der Waals surface area contributed by atoms with Crippen molar-refractivity contribution in [2.24, 2.45) is 0 Å². The summed E-state index contributed by atoms with van der Waals surface area (Å²) in [6.45, 7) is 2.61. The van der Waals surface area contributed by atoms with Crippen LogP contribution in [0.15, 0.2) is 0 Å². The molecule has 0 unspecified atom stereocenters. The molecule has 4 N–H and O–H groups in total. The molecule has 2 heterocycles. The summed E-state index contributed by atoms with van der Waals surface area (Å²) in [7, 11) is 0. The van der Waals surface area contributed by atoms with Gasteiger partial charge in [-0.25, -0.2) is 4.79 Å². The molecule has 0 aromatic rings. The van der Waals surface area contributed by atoms with Gasteiger partial charge in [0.25, 0.3) is 0 Å². The third-order valence-electron chi connectivity index (χ3n) is 4.42. The van der Waals surface area contributed by atoms with E-state index in [9.17, 15) is 19.8 Å². The van der Waals surface area contributed by atoms with Gasteiger partial charge in [-0.2, -0.15) is 0 Å². The summed E-state index contributed by atoms with van der Waals surface area (Å²) in [6, 6.07) is -0.851. The molecule has 12 heteroatoms. The van der Waals surface area contributed by atoms with Gasteiger partial charge in [-0.05, 0) is 0 Å². The molecule has 2 rings (SSSR count). The van der Waals surface area contributed by atoms with Gasteiger partial charge in [0.1, 0.15) is 30.5 Å². The van der Waals surface area contributed by atoms with Crippen LogP contribution in [0.25, 0.3) is 0 Å². The molecule has 29 heavy (non-hydrogen) atoms. The lowest BCUT2D eigenvalue weighted by Gasteiger charge is -2.42. The van der Waals surface area contributed by atoms with Crippen molar-refractivity contribution in [3.63, 3.8) is 0 Å². The monoisotopic (exact) mass is 423 g/mol. The fraction of sp³-hybridized carbons (Fsp3) is 0.882. The molecule has 2 bridgehead atoms. The van der Waals surface area contributed by atoms with E-state index in [1.54, 1.807) is 0 Å². The number of fused-ring (bicyclic) bond motifs is 2. The molecule has 12 nitrogen and oxygen atoms in total. The SMILES string of the molecule is CC(=O)N[C@H]1[C@H]2OC[C@@](COCCOCCOCCOCC(=O)O)(O2)[C@H](O)[C@@H]1O. The van der Waals surface area contributed by atoms with Crippen molar-refractivity contribution >= 4 is 11.9 Å². The van der Waals surface area contributed by atoms with Gasteiger partial charge in [0.05, 0.1) is 52.9 Å². The zero-order valence-electron chi connectivity index (χ0n) is 16.3. The fourth-order valence-corrected chi connectivity index (χ4v) is 3.03. The lowest BCUT2D eigenvalue weighted by atomic mass is 9.88. The van der Waals surface area contributed by atoms with Gasteiger partial charge in [0.15, 0.2) is 6.29 Å². The third-order valence-corrected chi connectivity index (χ3v) is 4.42. The number of aliphatic hydroxyl groups excluding tert-OH is 2. The topological polar surface area (TPSA) is 162 Å². The van der Waals surface area contributed by atoms with E-state index < -0.39 is 36.1 Å². The second-order valence-corrected chi connectivity index (χ2v) is 6.75. The molecule has 0 radical (unpaired) electrons. The lowest BCUT2D eigenvalue weighted by molar-refractivity contribution is -0.238. The minimum Gasteiger partial charge on any atom is -0.480 e. The highest BCUT2D eigenvalue weighted by Gasteiger charge is 2.59. The number of rotatable bonds is 14. The van der Waals surface area contributed by atoms with Crippen LogP contribution in [0.1, 0.15) is 6.92 Å². The average Bonchev–Trinajstić information content (AvgIpc) is 3.07. The zero-order valence-corrected chi connectivity index (χ0v) is 16.3. The number of hydrogen-bond donors (Lipinski definition) is 4. The van der Waals surface area contributed by atoms with Gasteiger partial charge in [-0.1, -0.05) is 0 Å². The second-order valence-electron chi connectivity index (χ2n) is 6.75. The summed E-state index contributed by atoms with van der Waals surface area (Å²) < 4.78 is 32.0. The Balaban J connectivity index is 1.55. The van der Waals surface area contributed by atoms with E-state index >= 15 is 0 Å². The Labute approximate surface area is 168 Å². The van der Waals surface area contributed by atoms with Crippen LogP contribution in [0, 0.1) is 0 Å². The van der Waals surface area contributed by atoms with Gasteiger partial charge in [-0.15, -0.1) is 0 Å². The Bertz CT molecular complexity index is 534. The summed E-state index contributed by atoms with van der Waals surface area (Å²) >= 11 is 0. The summed E-state index contributed by atoms with van der Waals surface area (Å²) in [6.07, 6.45) is -3.37. The number of amides is 1. The Kier molecular flexibility index (Phi) is 9.65. The maximum Gasteiger partial charge on any atom is 0.329 e. The number of carboxylic acids is 1. The van der Waals surface area contributed by atoms with Crippen molar-refractivity contribution < 1.29 is 53.3 Å². The van der Waals surface area contributed by atoms with E-state index in [0.29, 0.717) is 13.2 Å². The van der Waals surface area contributed by atoms with Crippen molar-refractivity contribution in [3.8, 4) is 0 Å². The van der Waals surface area contributed by atoms with E-state index in [-0.39, 0.29) is 52.2 Å². The van der Waals surface area contributed by atoms with Crippen LogP contribution in [0.2, 0.25) is 0 Å². The molecule has 0 aromatic carbocycles. The first-order valence-corrected chi connectivity index (χ1v) is 9.31. The largest absolute Gasteiger partial charge is 0.480 e. The molecule has 0 spiro atoms. The second kappa shape index (κ2) is 11.7. The zero-order chi connectivity index (χ0) is 21.3. The molecule has 1 amide bonds. The molecule has 2 saturated heterocycles. The van der Waals surface area contributed by atoms with E-state index in [4.69, 9.17) is 33.5 Å². The number of aliphatic hydroxyl groups is 2. The summed E-state index contributed by atoms with van der Waals surface area (Å²) in [5.41, 5.74) is -1.20.